The lowest BCUT2D eigenvalue weighted by molar-refractivity contribution is 0.202. The van der Waals surface area contributed by atoms with Crippen molar-refractivity contribution in [2.45, 2.75) is 12.5 Å². The standard InChI is InChI=1S/C16H16F2O2/c1-20-9-8-11-2-4-12(5-3-11)16(19)13-6-7-14(17)15(18)10-13/h2-7,10,16,19H,8-9H2,1H3. The second kappa shape index (κ2) is 6.59. The fraction of sp³-hybridized carbons (Fsp3) is 0.250. The summed E-state index contributed by atoms with van der Waals surface area (Å²) in [7, 11) is 1.64. The molecule has 0 saturated carbocycles. The highest BCUT2D eigenvalue weighted by Crippen LogP contribution is 2.23. The zero-order chi connectivity index (χ0) is 14.5. The number of benzene rings is 2. The normalized spacial score (nSPS) is 12.4. The second-order valence-electron chi connectivity index (χ2n) is 4.56. The van der Waals surface area contributed by atoms with E-state index in [-0.39, 0.29) is 0 Å². The van der Waals surface area contributed by atoms with Crippen LogP contribution in [0.4, 0.5) is 8.78 Å². The molecule has 0 heterocycles. The first-order valence-corrected chi connectivity index (χ1v) is 6.32. The minimum absolute atomic E-state index is 0.327. The summed E-state index contributed by atoms with van der Waals surface area (Å²) in [6.07, 6.45) is -0.181. The molecule has 0 fully saturated rings. The molecule has 0 spiro atoms. The van der Waals surface area contributed by atoms with Crippen molar-refractivity contribution >= 4 is 0 Å². The Bertz CT molecular complexity index is 567. The zero-order valence-corrected chi connectivity index (χ0v) is 11.1. The fourth-order valence-electron chi connectivity index (χ4n) is 1.96. The predicted molar refractivity (Wildman–Crippen MR) is 72.4 cm³/mol. The van der Waals surface area contributed by atoms with Gasteiger partial charge in [0.2, 0.25) is 0 Å². The Morgan fingerprint density at radius 3 is 2.25 bits per heavy atom. The van der Waals surface area contributed by atoms with E-state index in [0.29, 0.717) is 17.7 Å². The van der Waals surface area contributed by atoms with E-state index < -0.39 is 17.7 Å². The molecule has 0 amide bonds. The number of aliphatic hydroxyl groups excluding tert-OH is 1. The molecule has 4 heteroatoms. The van der Waals surface area contributed by atoms with Crippen LogP contribution in [0.25, 0.3) is 0 Å². The Balaban J connectivity index is 2.15. The van der Waals surface area contributed by atoms with E-state index in [9.17, 15) is 13.9 Å². The monoisotopic (exact) mass is 278 g/mol. The summed E-state index contributed by atoms with van der Waals surface area (Å²) in [5, 5.41) is 10.2. The molecular weight excluding hydrogens is 262 g/mol. The third-order valence-corrected chi connectivity index (χ3v) is 3.15. The maximum Gasteiger partial charge on any atom is 0.159 e. The summed E-state index contributed by atoms with van der Waals surface area (Å²) < 4.78 is 31.0. The van der Waals surface area contributed by atoms with Crippen LogP contribution in [-0.2, 0) is 11.2 Å². The molecular formula is C16H16F2O2. The van der Waals surface area contributed by atoms with Crippen LogP contribution in [0.2, 0.25) is 0 Å². The lowest BCUT2D eigenvalue weighted by atomic mass is 9.99. The molecule has 20 heavy (non-hydrogen) atoms. The van der Waals surface area contributed by atoms with Crippen LogP contribution in [-0.4, -0.2) is 18.8 Å². The fourth-order valence-corrected chi connectivity index (χ4v) is 1.96. The first-order chi connectivity index (χ1) is 9.61. The Morgan fingerprint density at radius 2 is 1.65 bits per heavy atom. The van der Waals surface area contributed by atoms with Crippen molar-refractivity contribution < 1.29 is 18.6 Å². The van der Waals surface area contributed by atoms with Crippen LogP contribution in [0, 0.1) is 11.6 Å². The van der Waals surface area contributed by atoms with E-state index >= 15 is 0 Å². The van der Waals surface area contributed by atoms with Crippen molar-refractivity contribution in [2.75, 3.05) is 13.7 Å². The van der Waals surface area contributed by atoms with Crippen LogP contribution in [0.5, 0.6) is 0 Å². The van der Waals surface area contributed by atoms with Crippen LogP contribution < -0.4 is 0 Å². The van der Waals surface area contributed by atoms with Gasteiger partial charge in [0, 0.05) is 7.11 Å². The summed E-state index contributed by atoms with van der Waals surface area (Å²) in [6, 6.07) is 10.7. The molecule has 0 aliphatic heterocycles. The van der Waals surface area contributed by atoms with Crippen LogP contribution in [0.1, 0.15) is 22.8 Å². The number of hydrogen-bond acceptors (Lipinski definition) is 2. The average molecular weight is 278 g/mol. The number of rotatable bonds is 5. The molecule has 1 atom stereocenters. The summed E-state index contributed by atoms with van der Waals surface area (Å²) in [5.41, 5.74) is 2.05. The quantitative estimate of drug-likeness (QED) is 0.910. The second-order valence-corrected chi connectivity index (χ2v) is 4.56. The topological polar surface area (TPSA) is 29.5 Å². The zero-order valence-electron chi connectivity index (χ0n) is 11.1. The van der Waals surface area contributed by atoms with E-state index in [4.69, 9.17) is 4.74 Å². The van der Waals surface area contributed by atoms with Crippen molar-refractivity contribution in [3.8, 4) is 0 Å². The third-order valence-electron chi connectivity index (χ3n) is 3.15. The van der Waals surface area contributed by atoms with Gasteiger partial charge in [-0.2, -0.15) is 0 Å². The highest BCUT2D eigenvalue weighted by Gasteiger charge is 2.12. The minimum atomic E-state index is -0.971. The number of methoxy groups -OCH3 is 1. The molecule has 2 rings (SSSR count). The highest BCUT2D eigenvalue weighted by molar-refractivity contribution is 5.32. The van der Waals surface area contributed by atoms with Gasteiger partial charge in [-0.25, -0.2) is 8.78 Å². The summed E-state index contributed by atoms with van der Waals surface area (Å²) in [4.78, 5) is 0. The number of halogens is 2. The van der Waals surface area contributed by atoms with Gasteiger partial charge in [0.1, 0.15) is 6.10 Å². The van der Waals surface area contributed by atoms with Gasteiger partial charge < -0.3 is 9.84 Å². The molecule has 0 aromatic heterocycles. The molecule has 0 aliphatic rings. The minimum Gasteiger partial charge on any atom is -0.384 e. The lowest BCUT2D eigenvalue weighted by Gasteiger charge is -2.12. The van der Waals surface area contributed by atoms with Crippen molar-refractivity contribution in [3.05, 3.63) is 70.8 Å². The average Bonchev–Trinajstić information content (AvgIpc) is 2.48. The maximum absolute atomic E-state index is 13.2. The first-order valence-electron chi connectivity index (χ1n) is 6.32. The number of hydrogen-bond donors (Lipinski definition) is 1. The van der Waals surface area contributed by atoms with Gasteiger partial charge in [0.15, 0.2) is 11.6 Å². The molecule has 2 nitrogen and oxygen atoms in total. The molecule has 2 aromatic carbocycles. The Labute approximate surface area is 116 Å². The van der Waals surface area contributed by atoms with Crippen molar-refractivity contribution in [1.29, 1.82) is 0 Å². The predicted octanol–water partition coefficient (Wildman–Crippen LogP) is 3.24. The largest absolute Gasteiger partial charge is 0.384 e. The van der Waals surface area contributed by atoms with Gasteiger partial charge in [-0.05, 0) is 35.2 Å². The maximum atomic E-state index is 13.2. The smallest absolute Gasteiger partial charge is 0.159 e. The SMILES string of the molecule is COCCc1ccc(C(O)c2ccc(F)c(F)c2)cc1. The molecule has 0 radical (unpaired) electrons. The first kappa shape index (κ1) is 14.6. The van der Waals surface area contributed by atoms with E-state index in [2.05, 4.69) is 0 Å². The van der Waals surface area contributed by atoms with Crippen molar-refractivity contribution in [2.24, 2.45) is 0 Å². The number of aliphatic hydroxyl groups is 1. The summed E-state index contributed by atoms with van der Waals surface area (Å²) in [6.45, 7) is 0.630. The van der Waals surface area contributed by atoms with Gasteiger partial charge in [-0.1, -0.05) is 30.3 Å². The Morgan fingerprint density at radius 1 is 1.00 bits per heavy atom. The van der Waals surface area contributed by atoms with E-state index in [1.807, 2.05) is 12.1 Å². The van der Waals surface area contributed by atoms with Crippen molar-refractivity contribution in [1.82, 2.24) is 0 Å². The van der Waals surface area contributed by atoms with Crippen molar-refractivity contribution in [3.63, 3.8) is 0 Å². The molecule has 106 valence electrons. The molecule has 0 aliphatic carbocycles. The molecule has 0 bridgehead atoms. The lowest BCUT2D eigenvalue weighted by Crippen LogP contribution is -2.02. The van der Waals surface area contributed by atoms with Gasteiger partial charge >= 0.3 is 0 Å². The van der Waals surface area contributed by atoms with Crippen LogP contribution in [0.3, 0.4) is 0 Å². The summed E-state index contributed by atoms with van der Waals surface area (Å²) >= 11 is 0. The summed E-state index contributed by atoms with van der Waals surface area (Å²) in [5.74, 6) is -1.88. The Hall–Kier alpha value is -1.78. The molecule has 2 aromatic rings. The van der Waals surface area contributed by atoms with E-state index in [1.54, 1.807) is 19.2 Å². The number of ether oxygens (including phenoxy) is 1. The van der Waals surface area contributed by atoms with E-state index in [1.165, 1.54) is 6.07 Å². The Kier molecular flexibility index (Phi) is 4.82. The highest BCUT2D eigenvalue weighted by atomic mass is 19.2. The third kappa shape index (κ3) is 3.40. The van der Waals surface area contributed by atoms with Gasteiger partial charge in [0.05, 0.1) is 6.61 Å². The van der Waals surface area contributed by atoms with Gasteiger partial charge in [-0.15, -0.1) is 0 Å². The molecule has 1 N–H and O–H groups in total. The molecule has 1 unspecified atom stereocenters. The van der Waals surface area contributed by atoms with Crippen LogP contribution >= 0.6 is 0 Å². The van der Waals surface area contributed by atoms with Crippen LogP contribution in [0.15, 0.2) is 42.5 Å². The van der Waals surface area contributed by atoms with Gasteiger partial charge in [0.25, 0.3) is 0 Å². The van der Waals surface area contributed by atoms with E-state index in [0.717, 1.165) is 24.1 Å². The molecule has 0 saturated heterocycles. The van der Waals surface area contributed by atoms with Gasteiger partial charge in [-0.3, -0.25) is 0 Å².